The van der Waals surface area contributed by atoms with E-state index in [2.05, 4.69) is 5.32 Å². The van der Waals surface area contributed by atoms with Gasteiger partial charge in [-0.3, -0.25) is 4.79 Å². The van der Waals surface area contributed by atoms with Crippen LogP contribution in [0.3, 0.4) is 0 Å². The third kappa shape index (κ3) is 9.99. The zero-order valence-corrected chi connectivity index (χ0v) is 12.4. The van der Waals surface area contributed by atoms with Crippen LogP contribution in [0.25, 0.3) is 0 Å². The summed E-state index contributed by atoms with van der Waals surface area (Å²) in [6.07, 6.45) is 7.38. The smallest absolute Gasteiger partial charge is 0.142 e. The zero-order valence-electron chi connectivity index (χ0n) is 11.6. The largest absolute Gasteiger partial charge is 0.399 e. The molecule has 0 amide bonds. The van der Waals surface area contributed by atoms with Crippen molar-refractivity contribution in [3.63, 3.8) is 0 Å². The van der Waals surface area contributed by atoms with Gasteiger partial charge in [-0.25, -0.2) is 0 Å². The van der Waals surface area contributed by atoms with Crippen molar-refractivity contribution in [3.05, 3.63) is 85.1 Å². The zero-order chi connectivity index (χ0) is 14.5. The van der Waals surface area contributed by atoms with Gasteiger partial charge >= 0.3 is 0 Å². The van der Waals surface area contributed by atoms with Gasteiger partial charge in [0.1, 0.15) is 6.29 Å². The number of carbonyl (C=O) groups excluding carboxylic acids is 1. The molecule has 0 unspecified atom stereocenters. The van der Waals surface area contributed by atoms with Crippen LogP contribution in [0.1, 0.15) is 0 Å². The van der Waals surface area contributed by atoms with E-state index in [1.165, 1.54) is 6.08 Å². The van der Waals surface area contributed by atoms with E-state index in [0.717, 1.165) is 17.7 Å². The molecule has 0 aliphatic heterocycles. The molecular weight excluding hydrogens is 284 g/mol. The van der Waals surface area contributed by atoms with Crippen LogP contribution in [0.2, 0.25) is 0 Å². The molecule has 0 aromatic heterocycles. The molecule has 2 aromatic carbocycles. The van der Waals surface area contributed by atoms with Crippen LogP contribution in [0.5, 0.6) is 0 Å². The van der Waals surface area contributed by atoms with Crippen LogP contribution >= 0.6 is 12.4 Å². The lowest BCUT2D eigenvalue weighted by atomic mass is 10.3. The maximum absolute atomic E-state index is 9.90. The SMILES string of the molecule is Cl.Nc1ccccc1.O=CC=CC=CNc1ccccc1. The van der Waals surface area contributed by atoms with Gasteiger partial charge < -0.3 is 11.1 Å². The maximum Gasteiger partial charge on any atom is 0.142 e. The molecule has 3 nitrogen and oxygen atoms in total. The van der Waals surface area contributed by atoms with Crippen molar-refractivity contribution in [2.75, 3.05) is 11.1 Å². The number of rotatable bonds is 4. The molecule has 4 heteroatoms. The minimum atomic E-state index is 0. The third-order valence-corrected chi connectivity index (χ3v) is 2.22. The van der Waals surface area contributed by atoms with E-state index < -0.39 is 0 Å². The predicted molar refractivity (Wildman–Crippen MR) is 92.5 cm³/mol. The summed E-state index contributed by atoms with van der Waals surface area (Å²) in [7, 11) is 0. The Morgan fingerprint density at radius 1 is 0.810 bits per heavy atom. The lowest BCUT2D eigenvalue weighted by Crippen LogP contribution is -1.84. The molecule has 110 valence electrons. The molecule has 21 heavy (non-hydrogen) atoms. The van der Waals surface area contributed by atoms with Crippen molar-refractivity contribution < 1.29 is 4.79 Å². The van der Waals surface area contributed by atoms with Gasteiger partial charge in [-0.2, -0.15) is 0 Å². The minimum absolute atomic E-state index is 0. The van der Waals surface area contributed by atoms with Crippen molar-refractivity contribution in [1.29, 1.82) is 0 Å². The fourth-order valence-corrected chi connectivity index (χ4v) is 1.30. The maximum atomic E-state index is 9.90. The number of hydrogen-bond acceptors (Lipinski definition) is 3. The summed E-state index contributed by atoms with van der Waals surface area (Å²) in [5.41, 5.74) is 7.21. The second-order valence-corrected chi connectivity index (χ2v) is 3.80. The van der Waals surface area contributed by atoms with Gasteiger partial charge in [0, 0.05) is 17.6 Å². The van der Waals surface area contributed by atoms with Gasteiger partial charge in [-0.15, -0.1) is 12.4 Å². The van der Waals surface area contributed by atoms with E-state index in [9.17, 15) is 4.79 Å². The van der Waals surface area contributed by atoms with Crippen LogP contribution in [-0.4, -0.2) is 6.29 Å². The highest BCUT2D eigenvalue weighted by Gasteiger charge is 1.81. The van der Waals surface area contributed by atoms with Crippen molar-refractivity contribution in [2.24, 2.45) is 0 Å². The van der Waals surface area contributed by atoms with Crippen molar-refractivity contribution in [2.45, 2.75) is 0 Å². The summed E-state index contributed by atoms with van der Waals surface area (Å²) < 4.78 is 0. The van der Waals surface area contributed by atoms with Crippen LogP contribution in [0.4, 0.5) is 11.4 Å². The van der Waals surface area contributed by atoms with Crippen LogP contribution in [-0.2, 0) is 4.79 Å². The van der Waals surface area contributed by atoms with Crippen LogP contribution in [0.15, 0.2) is 85.1 Å². The summed E-state index contributed by atoms with van der Waals surface area (Å²) in [5, 5.41) is 3.06. The van der Waals surface area contributed by atoms with E-state index in [1.54, 1.807) is 18.4 Å². The molecule has 0 aliphatic carbocycles. The Morgan fingerprint density at radius 3 is 1.86 bits per heavy atom. The number of allylic oxidation sites excluding steroid dienone is 3. The molecule has 0 aliphatic rings. The first-order valence-electron chi connectivity index (χ1n) is 6.22. The van der Waals surface area contributed by atoms with Crippen molar-refractivity contribution in [1.82, 2.24) is 0 Å². The molecule has 0 saturated carbocycles. The van der Waals surface area contributed by atoms with Crippen molar-refractivity contribution in [3.8, 4) is 0 Å². The molecular formula is C17H19ClN2O. The molecule has 0 saturated heterocycles. The lowest BCUT2D eigenvalue weighted by molar-refractivity contribution is -0.104. The molecule has 0 heterocycles. The number of anilines is 2. The second kappa shape index (κ2) is 12.5. The second-order valence-electron chi connectivity index (χ2n) is 3.80. The quantitative estimate of drug-likeness (QED) is 0.387. The van der Waals surface area contributed by atoms with E-state index in [1.807, 2.05) is 60.7 Å². The highest BCUT2D eigenvalue weighted by atomic mass is 35.5. The Labute approximate surface area is 131 Å². The first-order chi connectivity index (χ1) is 9.83. The van der Waals surface area contributed by atoms with E-state index >= 15 is 0 Å². The van der Waals surface area contributed by atoms with Gasteiger partial charge in [0.25, 0.3) is 0 Å². The van der Waals surface area contributed by atoms with Crippen molar-refractivity contribution >= 4 is 30.1 Å². The number of hydrogen-bond donors (Lipinski definition) is 2. The summed E-state index contributed by atoms with van der Waals surface area (Å²) in [4.78, 5) is 9.90. The van der Waals surface area contributed by atoms with E-state index in [-0.39, 0.29) is 12.4 Å². The van der Waals surface area contributed by atoms with Crippen LogP contribution < -0.4 is 11.1 Å². The Balaban J connectivity index is 0.000000425. The first-order valence-corrected chi connectivity index (χ1v) is 6.22. The molecule has 0 atom stereocenters. The molecule has 0 bridgehead atoms. The van der Waals surface area contributed by atoms with E-state index in [0.29, 0.717) is 0 Å². The summed E-state index contributed by atoms with van der Waals surface area (Å²) >= 11 is 0. The number of benzene rings is 2. The Kier molecular flexibility index (Phi) is 11.0. The minimum Gasteiger partial charge on any atom is -0.399 e. The van der Waals surface area contributed by atoms with Gasteiger partial charge in [0.05, 0.1) is 0 Å². The Morgan fingerprint density at radius 2 is 1.38 bits per heavy atom. The number of aldehydes is 1. The lowest BCUT2D eigenvalue weighted by Gasteiger charge is -1.96. The molecule has 0 spiro atoms. The third-order valence-electron chi connectivity index (χ3n) is 2.22. The summed E-state index contributed by atoms with van der Waals surface area (Å²) in [6.45, 7) is 0. The Hall–Kier alpha value is -2.52. The summed E-state index contributed by atoms with van der Waals surface area (Å²) in [5.74, 6) is 0. The van der Waals surface area contributed by atoms with Crippen LogP contribution in [0, 0.1) is 0 Å². The average Bonchev–Trinajstić information content (AvgIpc) is 2.50. The topological polar surface area (TPSA) is 55.1 Å². The molecule has 2 aromatic rings. The number of nitrogens with two attached hydrogens (primary N) is 1. The predicted octanol–water partition coefficient (Wildman–Crippen LogP) is 4.06. The van der Waals surface area contributed by atoms with Gasteiger partial charge in [0.15, 0.2) is 0 Å². The standard InChI is InChI=1S/C11H11NO.C6H7N.ClH/c13-10-6-2-5-9-12-11-7-3-1-4-8-11;7-6-4-2-1-3-5-6;/h1-10,12H;1-5H,7H2;1H. The fraction of sp³-hybridized carbons (Fsp3) is 0. The number of para-hydroxylation sites is 2. The van der Waals surface area contributed by atoms with Gasteiger partial charge in [0.2, 0.25) is 0 Å². The Bertz CT molecular complexity index is 539. The van der Waals surface area contributed by atoms with Gasteiger partial charge in [-0.05, 0) is 36.4 Å². The fourth-order valence-electron chi connectivity index (χ4n) is 1.30. The normalized spacial score (nSPS) is 9.52. The highest BCUT2D eigenvalue weighted by molar-refractivity contribution is 5.85. The molecule has 0 radical (unpaired) electrons. The average molecular weight is 303 g/mol. The summed E-state index contributed by atoms with van der Waals surface area (Å²) in [6, 6.07) is 19.3. The van der Waals surface area contributed by atoms with E-state index in [4.69, 9.17) is 5.73 Å². The number of halogens is 1. The molecule has 0 fully saturated rings. The highest BCUT2D eigenvalue weighted by Crippen LogP contribution is 2.03. The monoisotopic (exact) mass is 302 g/mol. The molecule has 2 rings (SSSR count). The molecule has 3 N–H and O–H groups in total. The van der Waals surface area contributed by atoms with Gasteiger partial charge in [-0.1, -0.05) is 42.5 Å². The number of nitrogens with one attached hydrogen (secondary N) is 1. The first kappa shape index (κ1) is 18.5. The number of carbonyl (C=O) groups is 1. The number of nitrogen functional groups attached to an aromatic ring is 1.